The fourth-order valence-corrected chi connectivity index (χ4v) is 7.18. The highest BCUT2D eigenvalue weighted by Gasteiger charge is 2.46. The topological polar surface area (TPSA) is 98.1 Å². The van der Waals surface area contributed by atoms with E-state index < -0.39 is 0 Å². The zero-order chi connectivity index (χ0) is 26.6. The minimum atomic E-state index is 0.0455. The van der Waals surface area contributed by atoms with Gasteiger partial charge in [-0.2, -0.15) is 0 Å². The molecule has 3 aliphatic rings. The lowest BCUT2D eigenvalue weighted by Gasteiger charge is -2.42. The van der Waals surface area contributed by atoms with E-state index in [0.717, 1.165) is 50.1 Å². The minimum absolute atomic E-state index is 0.0455. The SMILES string of the molecule is N[C@@H]1c2ccccc2CC12CCN(c1ncc(Sc3cccc(-c4ncco4)c3Cl)nc1C(=O)C1CC1)CC2. The van der Waals surface area contributed by atoms with E-state index in [0.29, 0.717) is 33.0 Å². The Hall–Kier alpha value is -3.20. The van der Waals surface area contributed by atoms with Crippen LogP contribution in [0, 0.1) is 11.3 Å². The standard InChI is InChI=1S/C30H28ClN5O2S/c31-24-21(29-33-12-15-38-29)6-3-7-22(24)39-23-17-34-28(25(35-23)26(37)18-8-9-18)36-13-10-30(11-14-36)16-19-4-1-2-5-20(19)27(30)32/h1-7,12,15,17-18,27H,8-11,13-14,16,32H2/t27-/m1/s1. The molecule has 7 nitrogen and oxygen atoms in total. The smallest absolute Gasteiger partial charge is 0.227 e. The summed E-state index contributed by atoms with van der Waals surface area (Å²) < 4.78 is 5.44. The highest BCUT2D eigenvalue weighted by Crippen LogP contribution is 2.51. The molecule has 2 N–H and O–H groups in total. The quantitative estimate of drug-likeness (QED) is 0.273. The Labute approximate surface area is 236 Å². The van der Waals surface area contributed by atoms with E-state index in [9.17, 15) is 4.79 Å². The molecule has 1 atom stereocenters. The Kier molecular flexibility index (Phi) is 6.21. The third-order valence-electron chi connectivity index (χ3n) is 8.40. The summed E-state index contributed by atoms with van der Waals surface area (Å²) in [5.41, 5.74) is 10.7. The molecule has 2 aromatic carbocycles. The van der Waals surface area contributed by atoms with Gasteiger partial charge >= 0.3 is 0 Å². The van der Waals surface area contributed by atoms with Gasteiger partial charge in [-0.25, -0.2) is 15.0 Å². The van der Waals surface area contributed by atoms with E-state index in [4.69, 9.17) is 31.7 Å². The number of ketones is 1. The van der Waals surface area contributed by atoms with Crippen LogP contribution in [-0.2, 0) is 6.42 Å². The van der Waals surface area contributed by atoms with Gasteiger partial charge in [0.1, 0.15) is 11.3 Å². The van der Waals surface area contributed by atoms with Crippen molar-refractivity contribution in [1.82, 2.24) is 15.0 Å². The number of anilines is 1. The molecule has 1 saturated carbocycles. The molecule has 0 amide bonds. The molecule has 0 radical (unpaired) electrons. The molecule has 1 saturated heterocycles. The van der Waals surface area contributed by atoms with Crippen LogP contribution in [0.2, 0.25) is 5.02 Å². The van der Waals surface area contributed by atoms with E-state index >= 15 is 0 Å². The Bertz CT molecular complexity index is 1550. The molecule has 198 valence electrons. The number of carbonyl (C=O) groups excluding carboxylic acids is 1. The van der Waals surface area contributed by atoms with E-state index in [1.165, 1.54) is 29.2 Å². The zero-order valence-electron chi connectivity index (χ0n) is 21.3. The molecular weight excluding hydrogens is 530 g/mol. The van der Waals surface area contributed by atoms with Gasteiger partial charge in [0, 0.05) is 29.9 Å². The molecule has 2 aromatic heterocycles. The largest absolute Gasteiger partial charge is 0.444 e. The maximum Gasteiger partial charge on any atom is 0.227 e. The van der Waals surface area contributed by atoms with Crippen LogP contribution in [0.25, 0.3) is 11.5 Å². The Morgan fingerprint density at radius 3 is 2.67 bits per heavy atom. The fourth-order valence-electron chi connectivity index (χ4n) is 6.04. The number of nitrogens with zero attached hydrogens (tertiary/aromatic N) is 4. The van der Waals surface area contributed by atoms with Gasteiger partial charge in [0.15, 0.2) is 17.3 Å². The van der Waals surface area contributed by atoms with Gasteiger partial charge in [0.2, 0.25) is 5.89 Å². The van der Waals surface area contributed by atoms with E-state index in [1.807, 2.05) is 18.2 Å². The molecule has 0 unspecified atom stereocenters. The first-order valence-corrected chi connectivity index (χ1v) is 14.6. The van der Waals surface area contributed by atoms with Crippen molar-refractivity contribution in [3.63, 3.8) is 0 Å². The second-order valence-electron chi connectivity index (χ2n) is 10.8. The molecule has 4 aromatic rings. The number of aromatic nitrogens is 3. The second kappa shape index (κ2) is 9.77. The minimum Gasteiger partial charge on any atom is -0.444 e. The summed E-state index contributed by atoms with van der Waals surface area (Å²) in [7, 11) is 0. The Morgan fingerprint density at radius 1 is 1.10 bits per heavy atom. The number of hydrogen-bond acceptors (Lipinski definition) is 8. The first kappa shape index (κ1) is 24.8. The van der Waals surface area contributed by atoms with Crippen LogP contribution >= 0.6 is 23.4 Å². The number of Topliss-reactive ketones (excluding diaryl/α,β-unsaturated/α-hetero) is 1. The number of hydrogen-bond donors (Lipinski definition) is 1. The lowest BCUT2D eigenvalue weighted by Crippen LogP contribution is -2.45. The summed E-state index contributed by atoms with van der Waals surface area (Å²) in [6.07, 6.45) is 9.62. The van der Waals surface area contributed by atoms with E-state index in [-0.39, 0.29) is 23.2 Å². The van der Waals surface area contributed by atoms with Crippen LogP contribution in [0.4, 0.5) is 5.82 Å². The van der Waals surface area contributed by atoms with Gasteiger partial charge in [-0.05, 0) is 60.8 Å². The van der Waals surface area contributed by atoms with Gasteiger partial charge in [-0.3, -0.25) is 4.79 Å². The number of carbonyl (C=O) groups is 1. The van der Waals surface area contributed by atoms with Crippen LogP contribution in [-0.4, -0.2) is 33.8 Å². The highest BCUT2D eigenvalue weighted by atomic mass is 35.5. The molecule has 3 heterocycles. The number of rotatable bonds is 6. The highest BCUT2D eigenvalue weighted by molar-refractivity contribution is 7.99. The maximum absolute atomic E-state index is 13.4. The van der Waals surface area contributed by atoms with Gasteiger partial charge in [0.25, 0.3) is 0 Å². The molecule has 1 aliphatic heterocycles. The second-order valence-corrected chi connectivity index (χ2v) is 12.2. The number of nitrogens with two attached hydrogens (primary N) is 1. The van der Waals surface area contributed by atoms with Gasteiger partial charge in [0.05, 0.1) is 23.0 Å². The van der Waals surface area contributed by atoms with Crippen molar-refractivity contribution in [1.29, 1.82) is 0 Å². The summed E-state index contributed by atoms with van der Waals surface area (Å²) in [6, 6.07) is 14.3. The van der Waals surface area contributed by atoms with Crippen molar-refractivity contribution in [2.75, 3.05) is 18.0 Å². The van der Waals surface area contributed by atoms with Crippen LogP contribution in [0.15, 0.2) is 75.5 Å². The van der Waals surface area contributed by atoms with Crippen molar-refractivity contribution in [3.8, 4) is 11.5 Å². The van der Waals surface area contributed by atoms with Gasteiger partial charge in [-0.15, -0.1) is 0 Å². The van der Waals surface area contributed by atoms with Crippen molar-refractivity contribution < 1.29 is 9.21 Å². The van der Waals surface area contributed by atoms with E-state index in [2.05, 4.69) is 34.1 Å². The van der Waals surface area contributed by atoms with Crippen molar-refractivity contribution in [3.05, 3.63) is 83.0 Å². The monoisotopic (exact) mass is 557 g/mol. The molecule has 1 spiro atoms. The number of halogens is 1. The maximum atomic E-state index is 13.4. The predicted octanol–water partition coefficient (Wildman–Crippen LogP) is 6.37. The van der Waals surface area contributed by atoms with E-state index in [1.54, 1.807) is 12.4 Å². The van der Waals surface area contributed by atoms with Crippen LogP contribution < -0.4 is 10.6 Å². The first-order chi connectivity index (χ1) is 19.0. The summed E-state index contributed by atoms with van der Waals surface area (Å²) in [5.74, 6) is 1.28. The molecule has 9 heteroatoms. The van der Waals surface area contributed by atoms with Crippen molar-refractivity contribution in [2.24, 2.45) is 17.1 Å². The predicted molar refractivity (Wildman–Crippen MR) is 151 cm³/mol. The molecule has 7 rings (SSSR count). The Morgan fingerprint density at radius 2 is 1.92 bits per heavy atom. The number of fused-ring (bicyclic) bond motifs is 1. The zero-order valence-corrected chi connectivity index (χ0v) is 22.9. The number of oxazole rings is 1. The van der Waals surface area contributed by atoms with Crippen LogP contribution in [0.3, 0.4) is 0 Å². The first-order valence-electron chi connectivity index (χ1n) is 13.4. The van der Waals surface area contributed by atoms with Crippen molar-refractivity contribution in [2.45, 2.75) is 48.1 Å². The average molecular weight is 558 g/mol. The summed E-state index contributed by atoms with van der Waals surface area (Å²) in [5, 5.41) is 1.16. The number of piperidine rings is 1. The molecular formula is C30H28ClN5O2S. The molecule has 39 heavy (non-hydrogen) atoms. The average Bonchev–Trinajstić information content (AvgIpc) is 3.60. The normalized spacial score (nSPS) is 19.8. The summed E-state index contributed by atoms with van der Waals surface area (Å²) in [6.45, 7) is 1.61. The lowest BCUT2D eigenvalue weighted by molar-refractivity contribution is 0.0962. The third kappa shape index (κ3) is 4.44. The third-order valence-corrected chi connectivity index (χ3v) is 9.89. The fraction of sp³-hybridized carbons (Fsp3) is 0.333. The molecule has 2 fully saturated rings. The Balaban J connectivity index is 1.15. The van der Waals surface area contributed by atoms with Gasteiger partial charge in [-0.1, -0.05) is 53.7 Å². The lowest BCUT2D eigenvalue weighted by atomic mass is 9.73. The van der Waals surface area contributed by atoms with Crippen molar-refractivity contribution >= 4 is 35.0 Å². The summed E-state index contributed by atoms with van der Waals surface area (Å²) in [4.78, 5) is 30.3. The van der Waals surface area contributed by atoms with Gasteiger partial charge < -0.3 is 15.1 Å². The van der Waals surface area contributed by atoms with Crippen LogP contribution in [0.5, 0.6) is 0 Å². The summed E-state index contributed by atoms with van der Waals surface area (Å²) >= 11 is 8.11. The molecule has 2 aliphatic carbocycles. The van der Waals surface area contributed by atoms with Crippen LogP contribution in [0.1, 0.15) is 53.3 Å². The number of benzene rings is 2. The molecule has 0 bridgehead atoms.